The fourth-order valence-corrected chi connectivity index (χ4v) is 4.83. The number of aliphatic hydroxyl groups is 1. The molecule has 0 heterocycles. The van der Waals surface area contributed by atoms with Crippen LogP contribution in [0.2, 0.25) is 5.02 Å². The Kier molecular flexibility index (Phi) is 16.0. The summed E-state index contributed by atoms with van der Waals surface area (Å²) >= 11 is 6.03. The van der Waals surface area contributed by atoms with E-state index in [9.17, 15) is 5.11 Å². The average molecular weight is 501 g/mol. The van der Waals surface area contributed by atoms with Crippen molar-refractivity contribution < 1.29 is 5.11 Å². The van der Waals surface area contributed by atoms with Crippen molar-refractivity contribution >= 4 is 11.6 Å². The topological polar surface area (TPSA) is 44.3 Å². The van der Waals surface area contributed by atoms with E-state index in [4.69, 9.17) is 11.6 Å². The second kappa shape index (κ2) is 18.8. The maximum Gasteiger partial charge on any atom is 0.0914 e. The van der Waals surface area contributed by atoms with Crippen LogP contribution in [0.25, 0.3) is 0 Å². The van der Waals surface area contributed by atoms with Gasteiger partial charge < -0.3 is 15.7 Å². The maximum absolute atomic E-state index is 10.4. The first-order valence-corrected chi connectivity index (χ1v) is 14.4. The van der Waals surface area contributed by atoms with Gasteiger partial charge in [0.1, 0.15) is 0 Å². The zero-order valence-electron chi connectivity index (χ0n) is 22.2. The number of hydrogen-bond acceptors (Lipinski definition) is 3. The Bertz CT molecular complexity index is 780. The van der Waals surface area contributed by atoms with Gasteiger partial charge in [0.25, 0.3) is 0 Å². The highest BCUT2D eigenvalue weighted by Crippen LogP contribution is 2.18. The van der Waals surface area contributed by atoms with Crippen LogP contribution in [-0.2, 0) is 12.8 Å². The van der Waals surface area contributed by atoms with Crippen LogP contribution in [-0.4, -0.2) is 31.3 Å². The average Bonchev–Trinajstić information content (AvgIpc) is 2.86. The number of aryl methyl sites for hydroxylation is 1. The van der Waals surface area contributed by atoms with Gasteiger partial charge in [0.15, 0.2) is 0 Å². The van der Waals surface area contributed by atoms with Gasteiger partial charge in [0.05, 0.1) is 6.10 Å². The smallest absolute Gasteiger partial charge is 0.0914 e. The van der Waals surface area contributed by atoms with Gasteiger partial charge in [-0.15, -0.1) is 0 Å². The lowest BCUT2D eigenvalue weighted by molar-refractivity contribution is 0.170. The van der Waals surface area contributed by atoms with Crippen molar-refractivity contribution in [3.63, 3.8) is 0 Å². The molecule has 0 amide bonds. The molecule has 0 aromatic heterocycles. The Balaban J connectivity index is 1.49. The summed E-state index contributed by atoms with van der Waals surface area (Å²) in [6.45, 7) is 3.86. The summed E-state index contributed by atoms with van der Waals surface area (Å²) in [6, 6.07) is 16.9. The van der Waals surface area contributed by atoms with E-state index < -0.39 is 6.10 Å². The van der Waals surface area contributed by atoms with Crippen LogP contribution in [0.4, 0.5) is 0 Å². The van der Waals surface area contributed by atoms with E-state index in [1.54, 1.807) is 0 Å². The van der Waals surface area contributed by atoms with Gasteiger partial charge in [-0.05, 0) is 75.0 Å². The Hall–Kier alpha value is -1.39. The van der Waals surface area contributed by atoms with Crippen LogP contribution in [0.3, 0.4) is 0 Å². The fraction of sp³-hybridized carbons (Fsp3) is 0.613. The monoisotopic (exact) mass is 500 g/mol. The van der Waals surface area contributed by atoms with Crippen molar-refractivity contribution in [2.75, 3.05) is 20.1 Å². The normalized spacial score (nSPS) is 13.1. The number of benzene rings is 2. The molecule has 35 heavy (non-hydrogen) atoms. The summed E-state index contributed by atoms with van der Waals surface area (Å²) in [4.78, 5) is 0. The Morgan fingerprint density at radius 3 is 1.94 bits per heavy atom. The first-order valence-electron chi connectivity index (χ1n) is 14.0. The third-order valence-corrected chi connectivity index (χ3v) is 7.09. The van der Waals surface area contributed by atoms with E-state index >= 15 is 0 Å². The fourth-order valence-electron chi connectivity index (χ4n) is 4.63. The summed E-state index contributed by atoms with van der Waals surface area (Å²) in [6.07, 6.45) is 16.8. The van der Waals surface area contributed by atoms with Gasteiger partial charge in [0.2, 0.25) is 0 Å². The summed E-state index contributed by atoms with van der Waals surface area (Å²) in [7, 11) is 2.04. The van der Waals surface area contributed by atoms with E-state index in [1.165, 1.54) is 94.7 Å². The minimum Gasteiger partial charge on any atom is -0.387 e. The number of nitrogens with one attached hydrogen (secondary N) is 2. The van der Waals surface area contributed by atoms with Crippen molar-refractivity contribution in [2.45, 2.75) is 103 Å². The highest BCUT2D eigenvalue weighted by atomic mass is 35.5. The summed E-state index contributed by atoms with van der Waals surface area (Å²) in [5.74, 6) is 0. The minimum atomic E-state index is -0.545. The molecule has 0 aliphatic rings. The van der Waals surface area contributed by atoms with Gasteiger partial charge in [0, 0.05) is 17.6 Å². The molecule has 0 spiro atoms. The van der Waals surface area contributed by atoms with E-state index in [1.807, 2.05) is 31.3 Å². The molecule has 0 aliphatic heterocycles. The minimum absolute atomic E-state index is 0.299. The molecule has 2 aromatic rings. The van der Waals surface area contributed by atoms with E-state index in [2.05, 4.69) is 41.8 Å². The maximum atomic E-state index is 10.4. The van der Waals surface area contributed by atoms with Gasteiger partial charge in [-0.2, -0.15) is 0 Å². The van der Waals surface area contributed by atoms with Crippen molar-refractivity contribution in [1.29, 1.82) is 0 Å². The molecule has 0 saturated carbocycles. The number of unbranched alkanes of at least 4 members (excludes halogenated alkanes) is 10. The molecule has 0 aliphatic carbocycles. The summed E-state index contributed by atoms with van der Waals surface area (Å²) < 4.78 is 0. The van der Waals surface area contributed by atoms with Crippen molar-refractivity contribution in [1.82, 2.24) is 10.6 Å². The molecular formula is C31H49ClN2O. The highest BCUT2D eigenvalue weighted by Gasteiger charge is 2.10. The van der Waals surface area contributed by atoms with Crippen LogP contribution in [0.5, 0.6) is 0 Å². The number of rotatable bonds is 20. The largest absolute Gasteiger partial charge is 0.387 e. The van der Waals surface area contributed by atoms with Crippen LogP contribution in [0.1, 0.15) is 100 Å². The lowest BCUT2D eigenvalue weighted by Crippen LogP contribution is -2.32. The molecule has 2 aromatic carbocycles. The number of halogens is 1. The van der Waals surface area contributed by atoms with Gasteiger partial charge in [-0.1, -0.05) is 106 Å². The van der Waals surface area contributed by atoms with Crippen molar-refractivity contribution in [3.8, 4) is 0 Å². The zero-order chi connectivity index (χ0) is 25.1. The molecule has 2 rings (SSSR count). The molecule has 0 radical (unpaired) electrons. The highest BCUT2D eigenvalue weighted by molar-refractivity contribution is 6.30. The molecular weight excluding hydrogens is 452 g/mol. The lowest BCUT2D eigenvalue weighted by Gasteiger charge is -2.18. The van der Waals surface area contributed by atoms with Gasteiger partial charge in [-0.25, -0.2) is 0 Å². The second-order valence-corrected chi connectivity index (χ2v) is 10.6. The molecule has 4 heteroatoms. The summed E-state index contributed by atoms with van der Waals surface area (Å²) in [5.41, 5.74) is 3.64. The van der Waals surface area contributed by atoms with Crippen LogP contribution >= 0.6 is 11.6 Å². The Labute approximate surface area is 220 Å². The summed E-state index contributed by atoms with van der Waals surface area (Å²) in [5, 5.41) is 17.7. The van der Waals surface area contributed by atoms with Crippen LogP contribution in [0, 0.1) is 0 Å². The van der Waals surface area contributed by atoms with E-state index in [-0.39, 0.29) is 0 Å². The molecule has 3 nitrogen and oxygen atoms in total. The molecule has 2 atom stereocenters. The zero-order valence-corrected chi connectivity index (χ0v) is 23.0. The van der Waals surface area contributed by atoms with Gasteiger partial charge in [-0.3, -0.25) is 0 Å². The third kappa shape index (κ3) is 14.1. The van der Waals surface area contributed by atoms with Crippen molar-refractivity contribution in [2.24, 2.45) is 0 Å². The molecule has 0 saturated heterocycles. The van der Waals surface area contributed by atoms with Crippen LogP contribution < -0.4 is 10.6 Å². The first kappa shape index (κ1) is 29.8. The molecule has 196 valence electrons. The number of aliphatic hydroxyl groups excluding tert-OH is 1. The predicted molar refractivity (Wildman–Crippen MR) is 152 cm³/mol. The predicted octanol–water partition coefficient (Wildman–Crippen LogP) is 7.65. The van der Waals surface area contributed by atoms with Crippen LogP contribution in [0.15, 0.2) is 48.5 Å². The standard InChI is InChI=1S/C31H49ClN2O/c1-26(34-25-31(35)29-16-14-17-30(32)24-29)23-28-20-18-27(19-21-28)15-12-10-8-6-4-3-5-7-9-11-13-22-33-2/h14,16-21,24,26,31,33-35H,3-13,15,22-23,25H2,1-2H3. The molecule has 0 bridgehead atoms. The third-order valence-electron chi connectivity index (χ3n) is 6.85. The van der Waals surface area contributed by atoms with Crippen molar-refractivity contribution in [3.05, 3.63) is 70.2 Å². The second-order valence-electron chi connectivity index (χ2n) is 10.1. The molecule has 0 fully saturated rings. The lowest BCUT2D eigenvalue weighted by atomic mass is 10.0. The number of hydrogen-bond donors (Lipinski definition) is 3. The molecule has 3 N–H and O–H groups in total. The Morgan fingerprint density at radius 1 is 0.771 bits per heavy atom. The Morgan fingerprint density at radius 2 is 1.34 bits per heavy atom. The first-order chi connectivity index (χ1) is 17.1. The molecule has 2 unspecified atom stereocenters. The van der Waals surface area contributed by atoms with E-state index in [0.29, 0.717) is 17.6 Å². The quantitative estimate of drug-likeness (QED) is 0.163. The van der Waals surface area contributed by atoms with Gasteiger partial charge >= 0.3 is 0 Å². The van der Waals surface area contributed by atoms with E-state index in [0.717, 1.165) is 12.0 Å². The SMILES string of the molecule is CNCCCCCCCCCCCCCc1ccc(CC(C)NCC(O)c2cccc(Cl)c2)cc1.